The molecule has 28 heavy (non-hydrogen) atoms. The molecule has 0 radical (unpaired) electrons. The minimum absolute atomic E-state index is 0. The second kappa shape index (κ2) is 10.8. The van der Waals surface area contributed by atoms with E-state index in [0.29, 0.717) is 0 Å². The van der Waals surface area contributed by atoms with Gasteiger partial charge < -0.3 is 4.74 Å². The van der Waals surface area contributed by atoms with Crippen LogP contribution in [0.3, 0.4) is 0 Å². The molecule has 0 spiro atoms. The molecule has 1 aromatic carbocycles. The number of benzene rings is 1. The van der Waals surface area contributed by atoms with E-state index in [1.807, 2.05) is 12.7 Å². The average molecular weight is 409 g/mol. The zero-order valence-electron chi connectivity index (χ0n) is 18.9. The van der Waals surface area contributed by atoms with Crippen LogP contribution in [0.2, 0.25) is 0 Å². The Morgan fingerprint density at radius 1 is 0.857 bits per heavy atom. The van der Waals surface area contributed by atoms with Crippen LogP contribution >= 0.6 is 9.24 Å². The SMILES string of the molecule is CP.Cc1cc(OC(=O)C2CCC(C3CCC(C)CC3)CC2)c(C)c(C)c1C.[HH].[HH]. The number of carbonyl (C=O) groups is 1. The van der Waals surface area contributed by atoms with E-state index in [4.69, 9.17) is 4.74 Å². The summed E-state index contributed by atoms with van der Waals surface area (Å²) in [6.07, 6.45) is 10.1. The monoisotopic (exact) mass is 408 g/mol. The molecule has 0 bridgehead atoms. The lowest BCUT2D eigenvalue weighted by Gasteiger charge is -2.36. The molecule has 0 N–H and O–H groups in total. The molecule has 2 aliphatic carbocycles. The number of rotatable bonds is 3. The molecule has 0 saturated heterocycles. The van der Waals surface area contributed by atoms with Gasteiger partial charge in [0.05, 0.1) is 5.92 Å². The molecule has 162 valence electrons. The Hall–Kier alpha value is -0.880. The van der Waals surface area contributed by atoms with Gasteiger partial charge in [0.25, 0.3) is 0 Å². The first-order valence-electron chi connectivity index (χ1n) is 11.2. The molecular weight excluding hydrogens is 363 g/mol. The fraction of sp³-hybridized carbons (Fsp3) is 0.720. The number of carbonyl (C=O) groups excluding carboxylic acids is 1. The van der Waals surface area contributed by atoms with Gasteiger partial charge in [-0.15, -0.1) is 9.24 Å². The van der Waals surface area contributed by atoms with E-state index in [1.165, 1.54) is 55.2 Å². The van der Waals surface area contributed by atoms with Crippen molar-refractivity contribution in [2.45, 2.75) is 86.0 Å². The Balaban J connectivity index is 0.00000204. The average Bonchev–Trinajstić information content (AvgIpc) is 2.72. The van der Waals surface area contributed by atoms with Crippen LogP contribution in [0.4, 0.5) is 0 Å². The molecule has 2 aliphatic rings. The first kappa shape index (κ1) is 23.4. The van der Waals surface area contributed by atoms with Crippen molar-refractivity contribution in [2.24, 2.45) is 23.7 Å². The van der Waals surface area contributed by atoms with Gasteiger partial charge in [-0.25, -0.2) is 0 Å². The van der Waals surface area contributed by atoms with Gasteiger partial charge in [0, 0.05) is 2.85 Å². The van der Waals surface area contributed by atoms with E-state index in [2.05, 4.69) is 43.9 Å². The number of esters is 1. The van der Waals surface area contributed by atoms with Crippen molar-refractivity contribution in [3.8, 4) is 5.75 Å². The third-order valence-corrected chi connectivity index (χ3v) is 7.48. The van der Waals surface area contributed by atoms with Crippen molar-refractivity contribution in [3.63, 3.8) is 0 Å². The van der Waals surface area contributed by atoms with Gasteiger partial charge in [-0.2, -0.15) is 0 Å². The van der Waals surface area contributed by atoms with Crippen molar-refractivity contribution < 1.29 is 12.4 Å². The van der Waals surface area contributed by atoms with Crippen molar-refractivity contribution in [2.75, 3.05) is 6.66 Å². The van der Waals surface area contributed by atoms with Gasteiger partial charge >= 0.3 is 5.97 Å². The summed E-state index contributed by atoms with van der Waals surface area (Å²) in [5, 5.41) is 0. The van der Waals surface area contributed by atoms with E-state index >= 15 is 0 Å². The van der Waals surface area contributed by atoms with Gasteiger partial charge in [0.2, 0.25) is 0 Å². The molecule has 0 aliphatic heterocycles. The maximum absolute atomic E-state index is 12.7. The lowest BCUT2D eigenvalue weighted by molar-refractivity contribution is -0.140. The van der Waals surface area contributed by atoms with Gasteiger partial charge in [-0.3, -0.25) is 4.79 Å². The van der Waals surface area contributed by atoms with Gasteiger partial charge in [0.15, 0.2) is 0 Å². The fourth-order valence-corrected chi connectivity index (χ4v) is 5.06. The van der Waals surface area contributed by atoms with E-state index in [-0.39, 0.29) is 14.7 Å². The summed E-state index contributed by atoms with van der Waals surface area (Å²) in [7, 11) is 2.42. The normalized spacial score (nSPS) is 27.5. The number of hydrogen-bond donors (Lipinski definition) is 0. The first-order chi connectivity index (χ1) is 13.4. The molecule has 2 nitrogen and oxygen atoms in total. The summed E-state index contributed by atoms with van der Waals surface area (Å²) in [6, 6.07) is 2.03. The maximum atomic E-state index is 12.7. The Morgan fingerprint density at radius 3 is 1.89 bits per heavy atom. The quantitative estimate of drug-likeness (QED) is 0.295. The van der Waals surface area contributed by atoms with Crippen LogP contribution in [-0.4, -0.2) is 12.6 Å². The lowest BCUT2D eigenvalue weighted by atomic mass is 9.69. The molecule has 2 fully saturated rings. The highest BCUT2D eigenvalue weighted by Gasteiger charge is 2.33. The van der Waals surface area contributed by atoms with Crippen LogP contribution in [0.25, 0.3) is 0 Å². The van der Waals surface area contributed by atoms with Crippen LogP contribution in [0, 0.1) is 51.4 Å². The molecular formula is C25H45O2P. The van der Waals surface area contributed by atoms with E-state index < -0.39 is 0 Å². The Labute approximate surface area is 178 Å². The predicted molar refractivity (Wildman–Crippen MR) is 127 cm³/mol. The Morgan fingerprint density at radius 2 is 1.36 bits per heavy atom. The van der Waals surface area contributed by atoms with Crippen molar-refractivity contribution in [3.05, 3.63) is 28.3 Å². The van der Waals surface area contributed by atoms with Crippen LogP contribution in [0.15, 0.2) is 6.07 Å². The maximum Gasteiger partial charge on any atom is 0.314 e. The molecule has 3 heteroatoms. The van der Waals surface area contributed by atoms with Crippen LogP contribution in [-0.2, 0) is 4.79 Å². The highest BCUT2D eigenvalue weighted by Crippen LogP contribution is 2.41. The minimum Gasteiger partial charge on any atom is -0.426 e. The van der Waals surface area contributed by atoms with Crippen LogP contribution < -0.4 is 4.74 Å². The van der Waals surface area contributed by atoms with Crippen molar-refractivity contribution in [1.29, 1.82) is 0 Å². The molecule has 1 unspecified atom stereocenters. The smallest absolute Gasteiger partial charge is 0.314 e. The fourth-order valence-electron chi connectivity index (χ4n) is 5.06. The van der Waals surface area contributed by atoms with Gasteiger partial charge in [0.1, 0.15) is 5.75 Å². The summed E-state index contributed by atoms with van der Waals surface area (Å²) in [4.78, 5) is 12.7. The molecule has 0 amide bonds. The van der Waals surface area contributed by atoms with Gasteiger partial charge in [-0.05, 0) is 112 Å². The van der Waals surface area contributed by atoms with Crippen molar-refractivity contribution >= 4 is 15.2 Å². The molecule has 1 aromatic rings. The number of ether oxygens (including phenoxy) is 1. The standard InChI is InChI=1S/C24H36O2.CH5P.2H2/c1-15-6-8-20(9-7-15)21-10-12-22(13-11-21)24(25)26-23-14-16(2)17(3)18(4)19(23)5;1-2;;/h14-15,20-22H,6-13H2,1-5H3;2H2,1H3;2*1H. The highest BCUT2D eigenvalue weighted by atomic mass is 31.0. The van der Waals surface area contributed by atoms with Crippen LogP contribution in [0.5, 0.6) is 5.75 Å². The second-order valence-electron chi connectivity index (χ2n) is 9.12. The van der Waals surface area contributed by atoms with Crippen molar-refractivity contribution in [1.82, 2.24) is 0 Å². The zero-order chi connectivity index (χ0) is 20.8. The third-order valence-electron chi connectivity index (χ3n) is 7.48. The number of hydrogen-bond acceptors (Lipinski definition) is 2. The molecule has 1 atom stereocenters. The van der Waals surface area contributed by atoms with E-state index in [1.54, 1.807) is 0 Å². The van der Waals surface area contributed by atoms with Gasteiger partial charge in [-0.1, -0.05) is 26.4 Å². The summed E-state index contributed by atoms with van der Waals surface area (Å²) in [5.74, 6) is 3.52. The molecule has 0 heterocycles. The summed E-state index contributed by atoms with van der Waals surface area (Å²) in [5.41, 5.74) is 4.84. The van der Waals surface area contributed by atoms with E-state index in [0.717, 1.165) is 41.9 Å². The second-order valence-corrected chi connectivity index (χ2v) is 9.12. The van der Waals surface area contributed by atoms with Crippen LogP contribution in [0.1, 0.15) is 83.4 Å². The minimum atomic E-state index is -0.00790. The Bertz CT molecular complexity index is 662. The number of aryl methyl sites for hydroxylation is 1. The lowest BCUT2D eigenvalue weighted by Crippen LogP contribution is -2.30. The largest absolute Gasteiger partial charge is 0.426 e. The summed E-state index contributed by atoms with van der Waals surface area (Å²) in [6.45, 7) is 12.7. The molecule has 0 aromatic heterocycles. The molecule has 2 saturated carbocycles. The summed E-state index contributed by atoms with van der Waals surface area (Å²) >= 11 is 0. The topological polar surface area (TPSA) is 26.3 Å². The first-order valence-corrected chi connectivity index (χ1v) is 12.4. The predicted octanol–water partition coefficient (Wildman–Crippen LogP) is 7.44. The molecule has 3 rings (SSSR count). The zero-order valence-corrected chi connectivity index (χ0v) is 20.1. The third kappa shape index (κ3) is 5.59. The Kier molecular flexibility index (Phi) is 9.00. The van der Waals surface area contributed by atoms with E-state index in [9.17, 15) is 4.79 Å². The highest BCUT2D eigenvalue weighted by molar-refractivity contribution is 7.15. The summed E-state index contributed by atoms with van der Waals surface area (Å²) < 4.78 is 5.86.